The first-order valence-electron chi connectivity index (χ1n) is 5.97. The third kappa shape index (κ3) is 3.35. The van der Waals surface area contributed by atoms with Gasteiger partial charge in [0.1, 0.15) is 0 Å². The number of nitrogens with two attached hydrogens (primary N) is 1. The molecule has 2 aromatic rings. The van der Waals surface area contributed by atoms with E-state index in [1.165, 1.54) is 0 Å². The third-order valence-electron chi connectivity index (χ3n) is 2.65. The number of hydrogen-bond donors (Lipinski definition) is 3. The molecule has 0 atom stereocenters. The number of benzene rings is 1. The van der Waals surface area contributed by atoms with Crippen LogP contribution in [0.15, 0.2) is 36.7 Å². The first-order valence-corrected chi connectivity index (χ1v) is 5.97. The molecule has 0 aliphatic heterocycles. The van der Waals surface area contributed by atoms with Crippen molar-refractivity contribution in [2.45, 2.75) is 0 Å². The van der Waals surface area contributed by atoms with Crippen molar-refractivity contribution in [3.05, 3.63) is 42.2 Å². The fraction of sp³-hybridized carbons (Fsp3) is 0.154. The number of nitrogen functional groups attached to an aromatic ring is 1. The van der Waals surface area contributed by atoms with Crippen molar-refractivity contribution in [2.24, 2.45) is 7.05 Å². The molecule has 0 radical (unpaired) electrons. The smallest absolute Gasteiger partial charge is 0.251 e. The Kier molecular flexibility index (Phi) is 3.99. The fourth-order valence-corrected chi connectivity index (χ4v) is 1.55. The summed E-state index contributed by atoms with van der Waals surface area (Å²) in [4.78, 5) is 27.4. The summed E-state index contributed by atoms with van der Waals surface area (Å²) in [6, 6.07) is 6.45. The summed E-state index contributed by atoms with van der Waals surface area (Å²) in [6.45, 7) is -0.129. The molecule has 2 amide bonds. The minimum Gasteiger partial charge on any atom is -0.399 e. The van der Waals surface area contributed by atoms with Gasteiger partial charge in [0, 0.05) is 30.7 Å². The Balaban J connectivity index is 1.85. The van der Waals surface area contributed by atoms with Gasteiger partial charge in [0.25, 0.3) is 5.91 Å². The Labute approximate surface area is 115 Å². The summed E-state index contributed by atoms with van der Waals surface area (Å²) in [5.41, 5.74) is 6.56. The van der Waals surface area contributed by atoms with E-state index < -0.39 is 0 Å². The zero-order valence-corrected chi connectivity index (χ0v) is 11.0. The second-order valence-electron chi connectivity index (χ2n) is 4.21. The molecule has 1 heterocycles. The van der Waals surface area contributed by atoms with E-state index in [0.717, 1.165) is 0 Å². The van der Waals surface area contributed by atoms with Crippen LogP contribution in [-0.4, -0.2) is 27.9 Å². The lowest BCUT2D eigenvalue weighted by molar-refractivity contribution is -0.115. The molecule has 0 aliphatic carbocycles. The molecule has 0 saturated carbocycles. The van der Waals surface area contributed by atoms with Gasteiger partial charge < -0.3 is 15.6 Å². The maximum absolute atomic E-state index is 11.8. The molecular weight excluding hydrogens is 258 g/mol. The summed E-state index contributed by atoms with van der Waals surface area (Å²) < 4.78 is 1.67. The molecule has 4 N–H and O–H groups in total. The highest BCUT2D eigenvalue weighted by atomic mass is 16.2. The number of nitrogens with zero attached hydrogens (tertiary/aromatic N) is 2. The van der Waals surface area contributed by atoms with Gasteiger partial charge in [-0.25, -0.2) is 4.98 Å². The lowest BCUT2D eigenvalue weighted by atomic mass is 10.2. The van der Waals surface area contributed by atoms with E-state index in [9.17, 15) is 9.59 Å². The summed E-state index contributed by atoms with van der Waals surface area (Å²) in [5, 5.41) is 5.11. The maximum atomic E-state index is 11.8. The molecule has 20 heavy (non-hydrogen) atoms. The van der Waals surface area contributed by atoms with Crippen molar-refractivity contribution >= 4 is 23.5 Å². The average molecular weight is 273 g/mol. The third-order valence-corrected chi connectivity index (χ3v) is 2.65. The lowest BCUT2D eigenvalue weighted by Crippen LogP contribution is -2.33. The highest BCUT2D eigenvalue weighted by Crippen LogP contribution is 2.05. The van der Waals surface area contributed by atoms with Crippen molar-refractivity contribution in [2.75, 3.05) is 17.6 Å². The molecule has 1 aromatic heterocycles. The molecule has 0 spiro atoms. The number of aryl methyl sites for hydroxylation is 1. The van der Waals surface area contributed by atoms with E-state index in [4.69, 9.17) is 5.73 Å². The van der Waals surface area contributed by atoms with E-state index in [-0.39, 0.29) is 18.4 Å². The predicted octanol–water partition coefficient (Wildman–Crippen LogP) is 0.371. The van der Waals surface area contributed by atoms with E-state index in [0.29, 0.717) is 17.2 Å². The van der Waals surface area contributed by atoms with Gasteiger partial charge in [-0.3, -0.25) is 14.9 Å². The zero-order chi connectivity index (χ0) is 14.5. The van der Waals surface area contributed by atoms with Crippen molar-refractivity contribution in [3.63, 3.8) is 0 Å². The van der Waals surface area contributed by atoms with Crippen LogP contribution in [0.1, 0.15) is 10.4 Å². The SMILES string of the molecule is Cn1ccnc1NC(=O)CNC(=O)c1ccc(N)cc1. The quantitative estimate of drug-likeness (QED) is 0.700. The van der Waals surface area contributed by atoms with Crippen LogP contribution in [0.4, 0.5) is 11.6 Å². The van der Waals surface area contributed by atoms with Crippen LogP contribution >= 0.6 is 0 Å². The van der Waals surface area contributed by atoms with Crippen LogP contribution in [-0.2, 0) is 11.8 Å². The molecule has 0 bridgehead atoms. The Hall–Kier alpha value is -2.83. The Morgan fingerprint density at radius 3 is 2.60 bits per heavy atom. The summed E-state index contributed by atoms with van der Waals surface area (Å²) >= 11 is 0. The molecule has 0 aliphatic rings. The molecule has 7 nitrogen and oxygen atoms in total. The van der Waals surface area contributed by atoms with Crippen molar-refractivity contribution < 1.29 is 9.59 Å². The van der Waals surface area contributed by atoms with Crippen LogP contribution < -0.4 is 16.4 Å². The van der Waals surface area contributed by atoms with Gasteiger partial charge in [-0.1, -0.05) is 0 Å². The molecule has 0 saturated heterocycles. The Bertz CT molecular complexity index is 618. The fourth-order valence-electron chi connectivity index (χ4n) is 1.55. The van der Waals surface area contributed by atoms with Crippen LogP contribution in [0.5, 0.6) is 0 Å². The standard InChI is InChI=1S/C13H15N5O2/c1-18-7-6-15-13(18)17-11(19)8-16-12(20)9-2-4-10(14)5-3-9/h2-7H,8,14H2,1H3,(H,16,20)(H,15,17,19). The van der Waals surface area contributed by atoms with Gasteiger partial charge in [0.15, 0.2) is 0 Å². The second kappa shape index (κ2) is 5.87. The average Bonchev–Trinajstić information content (AvgIpc) is 2.82. The van der Waals surface area contributed by atoms with Gasteiger partial charge in [-0.2, -0.15) is 0 Å². The highest BCUT2D eigenvalue weighted by molar-refractivity contribution is 5.98. The van der Waals surface area contributed by atoms with Gasteiger partial charge >= 0.3 is 0 Å². The van der Waals surface area contributed by atoms with E-state index in [1.807, 2.05) is 0 Å². The van der Waals surface area contributed by atoms with Gasteiger partial charge in [0.2, 0.25) is 11.9 Å². The van der Waals surface area contributed by atoms with Gasteiger partial charge in [0.05, 0.1) is 6.54 Å². The maximum Gasteiger partial charge on any atom is 0.251 e. The number of hydrogen-bond acceptors (Lipinski definition) is 4. The Morgan fingerprint density at radius 1 is 1.30 bits per heavy atom. The Morgan fingerprint density at radius 2 is 2.00 bits per heavy atom. The van der Waals surface area contributed by atoms with Crippen LogP contribution in [0.25, 0.3) is 0 Å². The van der Waals surface area contributed by atoms with Gasteiger partial charge in [-0.05, 0) is 24.3 Å². The van der Waals surface area contributed by atoms with Crippen LogP contribution in [0.2, 0.25) is 0 Å². The molecule has 0 unspecified atom stereocenters. The normalized spacial score (nSPS) is 10.1. The van der Waals surface area contributed by atoms with Crippen LogP contribution in [0.3, 0.4) is 0 Å². The number of carbonyl (C=O) groups excluding carboxylic acids is 2. The summed E-state index contributed by atoms with van der Waals surface area (Å²) in [6.07, 6.45) is 3.28. The molecule has 1 aromatic carbocycles. The number of anilines is 2. The summed E-state index contributed by atoms with van der Waals surface area (Å²) in [7, 11) is 1.76. The van der Waals surface area contributed by atoms with Crippen LogP contribution in [0, 0.1) is 0 Å². The number of rotatable bonds is 4. The topological polar surface area (TPSA) is 102 Å². The van der Waals surface area contributed by atoms with Crippen molar-refractivity contribution in [3.8, 4) is 0 Å². The van der Waals surface area contributed by atoms with E-state index in [2.05, 4.69) is 15.6 Å². The number of amides is 2. The molecule has 104 valence electrons. The molecule has 7 heteroatoms. The molecule has 0 fully saturated rings. The molecular formula is C13H15N5O2. The minimum absolute atomic E-state index is 0.129. The minimum atomic E-state index is -0.344. The van der Waals surface area contributed by atoms with E-state index in [1.54, 1.807) is 48.3 Å². The first-order chi connectivity index (χ1) is 9.56. The monoisotopic (exact) mass is 273 g/mol. The molecule has 2 rings (SSSR count). The number of carbonyl (C=O) groups is 2. The first kappa shape index (κ1) is 13.6. The largest absolute Gasteiger partial charge is 0.399 e. The second-order valence-corrected chi connectivity index (χ2v) is 4.21. The number of nitrogens with one attached hydrogen (secondary N) is 2. The van der Waals surface area contributed by atoms with Crippen molar-refractivity contribution in [1.82, 2.24) is 14.9 Å². The van der Waals surface area contributed by atoms with Gasteiger partial charge in [-0.15, -0.1) is 0 Å². The van der Waals surface area contributed by atoms with E-state index >= 15 is 0 Å². The summed E-state index contributed by atoms with van der Waals surface area (Å²) in [5.74, 6) is -0.250. The zero-order valence-electron chi connectivity index (χ0n) is 11.0. The number of aromatic nitrogens is 2. The highest BCUT2D eigenvalue weighted by Gasteiger charge is 2.09. The predicted molar refractivity (Wildman–Crippen MR) is 75.0 cm³/mol. The lowest BCUT2D eigenvalue weighted by Gasteiger charge is -2.07. The van der Waals surface area contributed by atoms with Crippen molar-refractivity contribution in [1.29, 1.82) is 0 Å². The number of imidazole rings is 1.